The van der Waals surface area contributed by atoms with E-state index in [1.807, 2.05) is 32.9 Å². The number of benzene rings is 1. The van der Waals surface area contributed by atoms with Gasteiger partial charge in [-0.2, -0.15) is 8.78 Å². The van der Waals surface area contributed by atoms with Gasteiger partial charge in [-0.1, -0.05) is 35.4 Å². The molecule has 0 amide bonds. The smallest absolute Gasteiger partial charge is 0.407 e. The lowest BCUT2D eigenvalue weighted by Crippen LogP contribution is -2.35. The Morgan fingerprint density at radius 1 is 1.03 bits per heavy atom. The molecule has 3 heterocycles. The van der Waals surface area contributed by atoms with E-state index in [2.05, 4.69) is 24.6 Å². The number of ether oxygens (including phenoxy) is 1. The van der Waals surface area contributed by atoms with E-state index in [1.165, 1.54) is 24.5 Å². The van der Waals surface area contributed by atoms with Crippen molar-refractivity contribution in [3.05, 3.63) is 94.5 Å². The van der Waals surface area contributed by atoms with Gasteiger partial charge < -0.3 is 4.74 Å². The Bertz CT molecular complexity index is 1370. The standard InChI is InChI=1S/C26H22ClF3N4O2S/c1-15-10-16(2)23(17(3)11-15)35-25-22(8-7-20(33-25)18-12-19(27)14-31-13-18)37-34-24(26(28,29)36-30)21-6-4-5-9-32-21/h4-14,24,34H,1-3H3. The molecule has 0 fully saturated rings. The maximum atomic E-state index is 14.3. The van der Waals surface area contributed by atoms with Gasteiger partial charge in [0.1, 0.15) is 5.75 Å². The molecule has 4 aromatic rings. The summed E-state index contributed by atoms with van der Waals surface area (Å²) in [7, 11) is 0. The van der Waals surface area contributed by atoms with E-state index in [-0.39, 0.29) is 11.6 Å². The van der Waals surface area contributed by atoms with Crippen molar-refractivity contribution in [3.63, 3.8) is 0 Å². The summed E-state index contributed by atoms with van der Waals surface area (Å²) in [6.45, 7) is 5.79. The summed E-state index contributed by atoms with van der Waals surface area (Å²) in [4.78, 5) is 16.0. The number of nitrogens with one attached hydrogen (secondary N) is 1. The van der Waals surface area contributed by atoms with Crippen molar-refractivity contribution in [2.45, 2.75) is 37.8 Å². The lowest BCUT2D eigenvalue weighted by molar-refractivity contribution is -0.365. The zero-order valence-electron chi connectivity index (χ0n) is 20.0. The van der Waals surface area contributed by atoms with E-state index in [9.17, 15) is 13.3 Å². The molecule has 0 aliphatic carbocycles. The van der Waals surface area contributed by atoms with Crippen LogP contribution in [0.5, 0.6) is 11.6 Å². The fourth-order valence-electron chi connectivity index (χ4n) is 3.73. The van der Waals surface area contributed by atoms with Gasteiger partial charge >= 0.3 is 6.11 Å². The van der Waals surface area contributed by atoms with Crippen molar-refractivity contribution >= 4 is 23.5 Å². The van der Waals surface area contributed by atoms with Crippen LogP contribution in [0.4, 0.5) is 13.3 Å². The number of halogens is 4. The first kappa shape index (κ1) is 26.9. The summed E-state index contributed by atoms with van der Waals surface area (Å²) in [6, 6.07) is 11.5. The molecule has 1 N–H and O–H groups in total. The van der Waals surface area contributed by atoms with Gasteiger partial charge in [0, 0.05) is 24.2 Å². The van der Waals surface area contributed by atoms with Crippen LogP contribution in [0.25, 0.3) is 11.3 Å². The van der Waals surface area contributed by atoms with Gasteiger partial charge in [0.25, 0.3) is 0 Å². The highest BCUT2D eigenvalue weighted by atomic mass is 35.5. The molecule has 0 radical (unpaired) electrons. The number of alkyl halides is 2. The molecule has 192 valence electrons. The number of hydrogen-bond donors (Lipinski definition) is 1. The predicted octanol–water partition coefficient (Wildman–Crippen LogP) is 7.74. The Morgan fingerprint density at radius 3 is 2.43 bits per heavy atom. The van der Waals surface area contributed by atoms with Gasteiger partial charge in [0.2, 0.25) is 5.88 Å². The van der Waals surface area contributed by atoms with Crippen molar-refractivity contribution in [2.75, 3.05) is 0 Å². The third-order valence-electron chi connectivity index (χ3n) is 5.34. The Kier molecular flexibility index (Phi) is 8.33. The first-order valence-electron chi connectivity index (χ1n) is 11.1. The van der Waals surface area contributed by atoms with Gasteiger partial charge in [0.05, 0.1) is 21.3 Å². The van der Waals surface area contributed by atoms with Crippen molar-refractivity contribution in [2.24, 2.45) is 0 Å². The number of rotatable bonds is 9. The Hall–Kier alpha value is -3.18. The van der Waals surface area contributed by atoms with Crippen LogP contribution < -0.4 is 9.46 Å². The van der Waals surface area contributed by atoms with Gasteiger partial charge in [-0.15, -0.1) is 4.94 Å². The van der Waals surface area contributed by atoms with Crippen molar-refractivity contribution in [3.8, 4) is 22.9 Å². The van der Waals surface area contributed by atoms with Crippen molar-refractivity contribution in [1.82, 2.24) is 19.7 Å². The van der Waals surface area contributed by atoms with E-state index >= 15 is 0 Å². The van der Waals surface area contributed by atoms with Crippen LogP contribution >= 0.6 is 23.5 Å². The van der Waals surface area contributed by atoms with E-state index in [0.717, 1.165) is 28.6 Å². The SMILES string of the molecule is Cc1cc(C)c(Oc2nc(-c3cncc(Cl)c3)ccc2SNC(c2ccccn2)C(F)(F)OF)c(C)c1. The summed E-state index contributed by atoms with van der Waals surface area (Å²) in [6.07, 6.45) is 0.240. The van der Waals surface area contributed by atoms with Crippen LogP contribution in [0.1, 0.15) is 28.4 Å². The van der Waals surface area contributed by atoms with E-state index in [4.69, 9.17) is 16.3 Å². The van der Waals surface area contributed by atoms with Crippen molar-refractivity contribution in [1.29, 1.82) is 0 Å². The second-order valence-electron chi connectivity index (χ2n) is 8.27. The number of pyridine rings is 3. The first-order chi connectivity index (χ1) is 17.7. The van der Waals surface area contributed by atoms with E-state index < -0.39 is 12.2 Å². The van der Waals surface area contributed by atoms with Crippen LogP contribution in [-0.4, -0.2) is 21.1 Å². The molecular formula is C26H22ClF3N4O2S. The van der Waals surface area contributed by atoms with E-state index in [0.29, 0.717) is 26.9 Å². The van der Waals surface area contributed by atoms with Gasteiger partial charge in [-0.25, -0.2) is 9.71 Å². The maximum Gasteiger partial charge on any atom is 0.407 e. The largest absolute Gasteiger partial charge is 0.437 e. The highest BCUT2D eigenvalue weighted by molar-refractivity contribution is 7.97. The van der Waals surface area contributed by atoms with Crippen molar-refractivity contribution < 1.29 is 23.0 Å². The zero-order chi connectivity index (χ0) is 26.6. The number of aromatic nitrogens is 3. The zero-order valence-corrected chi connectivity index (χ0v) is 21.6. The second-order valence-corrected chi connectivity index (χ2v) is 9.58. The lowest BCUT2D eigenvalue weighted by Gasteiger charge is -2.23. The average molecular weight is 547 g/mol. The lowest BCUT2D eigenvalue weighted by atomic mass is 10.1. The highest BCUT2D eigenvalue weighted by Crippen LogP contribution is 2.39. The molecule has 0 aliphatic heterocycles. The van der Waals surface area contributed by atoms with Gasteiger partial charge in [0.15, 0.2) is 6.04 Å². The fraction of sp³-hybridized carbons (Fsp3) is 0.192. The Morgan fingerprint density at radius 2 is 1.78 bits per heavy atom. The quantitative estimate of drug-likeness (QED) is 0.215. The Balaban J connectivity index is 1.73. The Labute approximate surface area is 221 Å². The summed E-state index contributed by atoms with van der Waals surface area (Å²) in [5.74, 6) is 0.731. The molecule has 4 rings (SSSR count). The minimum absolute atomic E-state index is 0.111. The number of aryl methyl sites for hydroxylation is 3. The third kappa shape index (κ3) is 6.40. The van der Waals surface area contributed by atoms with Crippen LogP contribution in [0.15, 0.2) is 72.0 Å². The molecule has 6 nitrogen and oxygen atoms in total. The summed E-state index contributed by atoms with van der Waals surface area (Å²) >= 11 is 6.88. The minimum atomic E-state index is -4.19. The molecule has 11 heteroatoms. The minimum Gasteiger partial charge on any atom is -0.437 e. The van der Waals surface area contributed by atoms with Crippen LogP contribution in [-0.2, 0) is 4.94 Å². The molecule has 0 aliphatic rings. The third-order valence-corrected chi connectivity index (χ3v) is 6.43. The molecular weight excluding hydrogens is 525 g/mol. The topological polar surface area (TPSA) is 69.2 Å². The van der Waals surface area contributed by atoms with Gasteiger partial charge in [-0.05, 0) is 78.7 Å². The summed E-state index contributed by atoms with van der Waals surface area (Å²) in [5.41, 5.74) is 3.86. The molecule has 1 aromatic carbocycles. The molecule has 0 saturated carbocycles. The van der Waals surface area contributed by atoms with E-state index in [1.54, 1.807) is 30.5 Å². The van der Waals surface area contributed by atoms with Crippen LogP contribution in [0.2, 0.25) is 5.02 Å². The predicted molar refractivity (Wildman–Crippen MR) is 136 cm³/mol. The second kappa shape index (κ2) is 11.5. The summed E-state index contributed by atoms with van der Waals surface area (Å²) < 4.78 is 50.3. The molecule has 1 atom stereocenters. The molecule has 0 bridgehead atoms. The van der Waals surface area contributed by atoms with Crippen LogP contribution in [0, 0.1) is 20.8 Å². The number of hydrogen-bond acceptors (Lipinski definition) is 7. The average Bonchev–Trinajstić information content (AvgIpc) is 2.87. The maximum absolute atomic E-state index is 14.3. The van der Waals surface area contributed by atoms with Gasteiger partial charge in [-0.3, -0.25) is 9.97 Å². The molecule has 3 aromatic heterocycles. The molecule has 37 heavy (non-hydrogen) atoms. The van der Waals surface area contributed by atoms with Crippen LogP contribution in [0.3, 0.4) is 0 Å². The number of nitrogens with zero attached hydrogens (tertiary/aromatic N) is 3. The monoisotopic (exact) mass is 546 g/mol. The molecule has 1 unspecified atom stereocenters. The molecule has 0 saturated heterocycles. The highest BCUT2D eigenvalue weighted by Gasteiger charge is 2.45. The fourth-order valence-corrected chi connectivity index (χ4v) is 4.72. The first-order valence-corrected chi connectivity index (χ1v) is 12.3. The molecule has 0 spiro atoms. The normalized spacial score (nSPS) is 12.4. The summed E-state index contributed by atoms with van der Waals surface area (Å²) in [5, 5.41) is 0.429.